The first-order valence-corrected chi connectivity index (χ1v) is 10.3. The van der Waals surface area contributed by atoms with Crippen LogP contribution in [0.1, 0.15) is 72.4 Å². The molecule has 0 aliphatic heterocycles. The molecule has 1 aromatic carbocycles. The molecule has 0 saturated heterocycles. The lowest BCUT2D eigenvalue weighted by atomic mass is 10.0. The largest absolute Gasteiger partial charge is 0.416 e. The molecule has 0 amide bonds. The fourth-order valence-corrected chi connectivity index (χ4v) is 3.85. The zero-order chi connectivity index (χ0) is 22.8. The first-order valence-electron chi connectivity index (χ1n) is 10.3. The van der Waals surface area contributed by atoms with Crippen LogP contribution in [0.3, 0.4) is 0 Å². The average Bonchev–Trinajstić information content (AvgIpc) is 2.94. The second kappa shape index (κ2) is 9.04. The van der Waals surface area contributed by atoms with Gasteiger partial charge >= 0.3 is 6.18 Å². The normalized spacial score (nSPS) is 15.0. The molecule has 7 heteroatoms. The highest BCUT2D eigenvalue weighted by molar-refractivity contribution is 6.03. The number of allylic oxidation sites excluding steroid dienone is 2. The van der Waals surface area contributed by atoms with E-state index >= 15 is 0 Å². The van der Waals surface area contributed by atoms with E-state index in [1.165, 1.54) is 12.1 Å². The van der Waals surface area contributed by atoms with Gasteiger partial charge in [0.25, 0.3) is 0 Å². The number of carbonyl (C=O) groups is 1. The van der Waals surface area contributed by atoms with E-state index in [1.54, 1.807) is 24.7 Å². The van der Waals surface area contributed by atoms with Crippen LogP contribution in [0.2, 0.25) is 0 Å². The molecular formula is C24H26F3N3O. The van der Waals surface area contributed by atoms with Gasteiger partial charge in [-0.25, -0.2) is 0 Å². The van der Waals surface area contributed by atoms with Crippen LogP contribution < -0.4 is 0 Å². The number of ketones is 1. The standard InChI is InChI=1S/C24H26F3N3O/c1-5-8-20(31)22-19-10-7-9-16(6-2)21(23(19)30(4)29-22)28-15(3)17-11-13-18(14-12-17)24(25,26)27/h6,11-14H,2,5,7-10H2,1,3-4H3. The van der Waals surface area contributed by atoms with Crippen LogP contribution in [0.25, 0.3) is 5.70 Å². The van der Waals surface area contributed by atoms with Crippen molar-refractivity contribution < 1.29 is 18.0 Å². The smallest absolute Gasteiger partial charge is 0.292 e. The van der Waals surface area contributed by atoms with E-state index in [0.717, 1.165) is 48.2 Å². The maximum atomic E-state index is 12.9. The number of benzene rings is 1. The van der Waals surface area contributed by atoms with Gasteiger partial charge in [-0.1, -0.05) is 31.7 Å². The molecule has 0 unspecified atom stereocenters. The lowest BCUT2D eigenvalue weighted by molar-refractivity contribution is -0.137. The molecule has 0 radical (unpaired) electrons. The lowest BCUT2D eigenvalue weighted by Gasteiger charge is -2.11. The van der Waals surface area contributed by atoms with Crippen molar-refractivity contribution in [2.24, 2.45) is 12.0 Å². The van der Waals surface area contributed by atoms with Crippen molar-refractivity contribution in [3.05, 3.63) is 70.6 Å². The number of carbonyl (C=O) groups excluding carboxylic acids is 1. The summed E-state index contributed by atoms with van der Waals surface area (Å²) < 4.78 is 40.3. The van der Waals surface area contributed by atoms with Crippen molar-refractivity contribution in [3.63, 3.8) is 0 Å². The quantitative estimate of drug-likeness (QED) is 0.408. The predicted octanol–water partition coefficient (Wildman–Crippen LogP) is 6.16. The molecule has 3 rings (SSSR count). The number of aromatic nitrogens is 2. The number of aliphatic imine (C=N–C) groups is 1. The van der Waals surface area contributed by atoms with Crippen LogP contribution in [0, 0.1) is 0 Å². The van der Waals surface area contributed by atoms with Crippen LogP contribution in [-0.4, -0.2) is 21.3 Å². The maximum Gasteiger partial charge on any atom is 0.416 e. The third kappa shape index (κ3) is 4.70. The molecular weight excluding hydrogens is 403 g/mol. The van der Waals surface area contributed by atoms with Gasteiger partial charge in [0.2, 0.25) is 0 Å². The summed E-state index contributed by atoms with van der Waals surface area (Å²) in [5.41, 5.74) is 4.24. The molecule has 2 aromatic rings. The molecule has 0 fully saturated rings. The third-order valence-electron chi connectivity index (χ3n) is 5.44. The van der Waals surface area contributed by atoms with E-state index in [-0.39, 0.29) is 5.78 Å². The number of alkyl halides is 3. The second-order valence-electron chi connectivity index (χ2n) is 7.68. The predicted molar refractivity (Wildman–Crippen MR) is 116 cm³/mol. The Hall–Kier alpha value is -2.96. The molecule has 0 bridgehead atoms. The fraction of sp³-hybridized carbons (Fsp3) is 0.375. The first kappa shape index (κ1) is 22.7. The van der Waals surface area contributed by atoms with E-state index in [0.29, 0.717) is 35.5 Å². The molecule has 1 aliphatic rings. The number of hydrogen-bond donors (Lipinski definition) is 0. The minimum atomic E-state index is -4.38. The van der Waals surface area contributed by atoms with Crippen LogP contribution in [0.4, 0.5) is 13.2 Å². The monoisotopic (exact) mass is 429 g/mol. The van der Waals surface area contributed by atoms with Crippen molar-refractivity contribution in [1.29, 1.82) is 0 Å². The topological polar surface area (TPSA) is 47.2 Å². The number of rotatable bonds is 6. The number of fused-ring (bicyclic) bond motifs is 1. The van der Waals surface area contributed by atoms with Crippen LogP contribution in [0.5, 0.6) is 0 Å². The third-order valence-corrected chi connectivity index (χ3v) is 5.44. The van der Waals surface area contributed by atoms with Crippen molar-refractivity contribution in [1.82, 2.24) is 9.78 Å². The van der Waals surface area contributed by atoms with E-state index in [1.807, 2.05) is 6.92 Å². The summed E-state index contributed by atoms with van der Waals surface area (Å²) >= 11 is 0. The Kier molecular flexibility index (Phi) is 6.62. The molecule has 31 heavy (non-hydrogen) atoms. The Balaban J connectivity index is 2.10. The second-order valence-corrected chi connectivity index (χ2v) is 7.68. The summed E-state index contributed by atoms with van der Waals surface area (Å²) in [5.74, 6) is 0.0178. The molecule has 0 atom stereocenters. The minimum Gasteiger partial charge on any atom is -0.292 e. The van der Waals surface area contributed by atoms with Crippen molar-refractivity contribution in [2.75, 3.05) is 0 Å². The van der Waals surface area contributed by atoms with Gasteiger partial charge in [-0.05, 0) is 55.9 Å². The maximum absolute atomic E-state index is 12.9. The summed E-state index contributed by atoms with van der Waals surface area (Å²) in [4.78, 5) is 17.4. The zero-order valence-electron chi connectivity index (χ0n) is 18.0. The minimum absolute atomic E-state index is 0.0178. The van der Waals surface area contributed by atoms with Gasteiger partial charge in [0, 0.05) is 24.7 Å². The molecule has 4 nitrogen and oxygen atoms in total. The van der Waals surface area contributed by atoms with Crippen molar-refractivity contribution >= 4 is 17.2 Å². The highest BCUT2D eigenvalue weighted by Crippen LogP contribution is 2.34. The van der Waals surface area contributed by atoms with E-state index in [9.17, 15) is 18.0 Å². The van der Waals surface area contributed by atoms with Gasteiger partial charge in [-0.2, -0.15) is 18.3 Å². The van der Waals surface area contributed by atoms with Gasteiger partial charge in [0.15, 0.2) is 5.78 Å². The van der Waals surface area contributed by atoms with Crippen LogP contribution in [0.15, 0.2) is 47.5 Å². The van der Waals surface area contributed by atoms with Crippen molar-refractivity contribution in [3.8, 4) is 0 Å². The Bertz CT molecular complexity index is 1060. The van der Waals surface area contributed by atoms with Gasteiger partial charge < -0.3 is 0 Å². The highest BCUT2D eigenvalue weighted by Gasteiger charge is 2.30. The lowest BCUT2D eigenvalue weighted by Crippen LogP contribution is -2.06. The Labute approximate surface area is 180 Å². The number of nitrogens with zero attached hydrogens (tertiary/aromatic N) is 3. The van der Waals surface area contributed by atoms with Gasteiger partial charge in [0.1, 0.15) is 5.69 Å². The molecule has 0 saturated carbocycles. The molecule has 1 heterocycles. The van der Waals surface area contributed by atoms with Crippen LogP contribution in [-0.2, 0) is 19.6 Å². The molecule has 1 aliphatic carbocycles. The van der Waals surface area contributed by atoms with Gasteiger partial charge in [-0.3, -0.25) is 14.5 Å². The Morgan fingerprint density at radius 1 is 1.26 bits per heavy atom. The van der Waals surface area contributed by atoms with E-state index < -0.39 is 11.7 Å². The van der Waals surface area contributed by atoms with E-state index in [4.69, 9.17) is 4.99 Å². The summed E-state index contributed by atoms with van der Waals surface area (Å²) in [6.07, 6.45) is 0.858. The Morgan fingerprint density at radius 3 is 2.52 bits per heavy atom. The Morgan fingerprint density at radius 2 is 1.94 bits per heavy atom. The first-order chi connectivity index (χ1) is 14.7. The SMILES string of the molecule is C=CC1=C(N=C(C)c2ccc(C(F)(F)F)cc2)c2c(c(C(=O)CCC)nn2C)CCC1. The number of aryl methyl sites for hydroxylation is 1. The molecule has 164 valence electrons. The van der Waals surface area contributed by atoms with Gasteiger partial charge in [-0.15, -0.1) is 0 Å². The van der Waals surface area contributed by atoms with Crippen LogP contribution >= 0.6 is 0 Å². The highest BCUT2D eigenvalue weighted by atomic mass is 19.4. The number of halogens is 3. The molecule has 0 N–H and O–H groups in total. The average molecular weight is 429 g/mol. The molecule has 1 aromatic heterocycles. The summed E-state index contributed by atoms with van der Waals surface area (Å²) in [7, 11) is 1.79. The summed E-state index contributed by atoms with van der Waals surface area (Å²) in [5, 5.41) is 4.49. The summed E-state index contributed by atoms with van der Waals surface area (Å²) in [6, 6.07) is 4.96. The molecule has 0 spiro atoms. The summed E-state index contributed by atoms with van der Waals surface area (Å²) in [6.45, 7) is 7.64. The number of hydrogen-bond acceptors (Lipinski definition) is 3. The zero-order valence-corrected chi connectivity index (χ0v) is 18.0. The van der Waals surface area contributed by atoms with Gasteiger partial charge in [0.05, 0.1) is 17.0 Å². The van der Waals surface area contributed by atoms with E-state index in [2.05, 4.69) is 11.7 Å². The van der Waals surface area contributed by atoms with Crippen molar-refractivity contribution in [2.45, 2.75) is 52.1 Å². The number of Topliss-reactive ketones (excluding diaryl/α,β-unsaturated/α-hetero) is 1. The fourth-order valence-electron chi connectivity index (χ4n) is 3.85.